The van der Waals surface area contributed by atoms with E-state index in [1.807, 2.05) is 48.5 Å². The highest BCUT2D eigenvalue weighted by Gasteiger charge is 2.20. The molecular formula is C20H24N3O2+. The number of aromatic nitrogens is 1. The van der Waals surface area contributed by atoms with Gasteiger partial charge >= 0.3 is 0 Å². The summed E-state index contributed by atoms with van der Waals surface area (Å²) < 4.78 is 5.36. The van der Waals surface area contributed by atoms with Gasteiger partial charge < -0.3 is 14.5 Å². The summed E-state index contributed by atoms with van der Waals surface area (Å²) >= 11 is 0. The number of piperazine rings is 1. The lowest BCUT2D eigenvalue weighted by Gasteiger charge is -2.35. The van der Waals surface area contributed by atoms with Crippen molar-refractivity contribution in [3.63, 3.8) is 0 Å². The highest BCUT2D eigenvalue weighted by molar-refractivity contribution is 5.92. The average molecular weight is 338 g/mol. The maximum atomic E-state index is 12.5. The van der Waals surface area contributed by atoms with Crippen LogP contribution >= 0.6 is 0 Å². The van der Waals surface area contributed by atoms with Crippen LogP contribution in [0.2, 0.25) is 0 Å². The first-order valence-corrected chi connectivity index (χ1v) is 8.50. The smallest absolute Gasteiger partial charge is 0.246 e. The fourth-order valence-corrected chi connectivity index (χ4v) is 3.02. The van der Waals surface area contributed by atoms with Gasteiger partial charge in [-0.2, -0.15) is 0 Å². The molecular weight excluding hydrogens is 314 g/mol. The van der Waals surface area contributed by atoms with E-state index in [2.05, 4.69) is 22.0 Å². The van der Waals surface area contributed by atoms with E-state index >= 15 is 0 Å². The molecule has 0 saturated carbocycles. The van der Waals surface area contributed by atoms with Gasteiger partial charge in [0.05, 0.1) is 7.11 Å². The molecule has 1 saturated heterocycles. The monoisotopic (exact) mass is 338 g/mol. The Labute approximate surface area is 148 Å². The Hall–Kier alpha value is -2.82. The number of rotatable bonds is 4. The first-order chi connectivity index (χ1) is 12.2. The molecule has 0 radical (unpaired) electrons. The van der Waals surface area contributed by atoms with Gasteiger partial charge in [0.15, 0.2) is 12.4 Å². The highest BCUT2D eigenvalue weighted by atomic mass is 16.5. The second-order valence-corrected chi connectivity index (χ2v) is 6.15. The van der Waals surface area contributed by atoms with Crippen LogP contribution in [0, 0.1) is 6.92 Å². The Bertz CT molecular complexity index is 751. The molecule has 3 rings (SSSR count). The average Bonchev–Trinajstić information content (AvgIpc) is 2.67. The molecule has 5 heteroatoms. The number of nitrogens with zero attached hydrogens (tertiary/aromatic N) is 2. The summed E-state index contributed by atoms with van der Waals surface area (Å²) in [5.74, 6) is 0.824. The predicted molar refractivity (Wildman–Crippen MR) is 98.6 cm³/mol. The molecule has 1 aliphatic rings. The van der Waals surface area contributed by atoms with Crippen molar-refractivity contribution < 1.29 is 14.5 Å². The normalized spacial score (nSPS) is 14.8. The van der Waals surface area contributed by atoms with E-state index in [1.165, 1.54) is 5.69 Å². The number of carbonyl (C=O) groups excluding carboxylic acids is 1. The van der Waals surface area contributed by atoms with Crippen molar-refractivity contribution >= 4 is 17.7 Å². The first kappa shape index (κ1) is 17.0. The minimum absolute atomic E-state index is 0.0459. The molecule has 0 unspecified atom stereocenters. The summed E-state index contributed by atoms with van der Waals surface area (Å²) in [6.45, 7) is 5.17. The van der Waals surface area contributed by atoms with Crippen molar-refractivity contribution in [1.29, 1.82) is 0 Å². The van der Waals surface area contributed by atoms with Crippen LogP contribution in [0.25, 0.3) is 6.08 Å². The van der Waals surface area contributed by atoms with Crippen LogP contribution in [-0.2, 0) is 4.79 Å². The number of H-pyrrole nitrogens is 1. The summed E-state index contributed by atoms with van der Waals surface area (Å²) in [5, 5.41) is 0. The van der Waals surface area contributed by atoms with Crippen LogP contribution in [0.4, 0.5) is 5.69 Å². The minimum atomic E-state index is 0.0459. The molecule has 1 aromatic carbocycles. The maximum Gasteiger partial charge on any atom is 0.246 e. The summed E-state index contributed by atoms with van der Waals surface area (Å²) in [7, 11) is 1.64. The Morgan fingerprint density at radius 2 is 1.84 bits per heavy atom. The van der Waals surface area contributed by atoms with Crippen molar-refractivity contribution in [3.8, 4) is 5.75 Å². The third kappa shape index (κ3) is 4.18. The van der Waals surface area contributed by atoms with Crippen LogP contribution < -0.4 is 14.6 Å². The molecule has 2 heterocycles. The summed E-state index contributed by atoms with van der Waals surface area (Å²) in [6, 6.07) is 10.1. The number of pyridine rings is 1. The number of hydrogen-bond donors (Lipinski definition) is 0. The lowest BCUT2D eigenvalue weighted by molar-refractivity contribution is -0.377. The molecule has 1 amide bonds. The van der Waals surface area contributed by atoms with Crippen LogP contribution in [0.1, 0.15) is 11.1 Å². The van der Waals surface area contributed by atoms with E-state index in [0.29, 0.717) is 0 Å². The Kier molecular flexibility index (Phi) is 5.33. The number of methoxy groups -OCH3 is 1. The number of carbonyl (C=O) groups is 1. The molecule has 0 aliphatic carbocycles. The van der Waals surface area contributed by atoms with E-state index in [1.54, 1.807) is 13.2 Å². The molecule has 130 valence electrons. The number of ether oxygens (including phenoxy) is 1. The molecule has 1 aromatic heterocycles. The Balaban J connectivity index is 1.61. The van der Waals surface area contributed by atoms with E-state index in [4.69, 9.17) is 4.74 Å². The second kappa shape index (κ2) is 7.83. The number of nitrogens with one attached hydrogen (secondary N) is 1. The number of aryl methyl sites for hydroxylation is 1. The van der Waals surface area contributed by atoms with E-state index in [-0.39, 0.29) is 5.91 Å². The predicted octanol–water partition coefficient (Wildman–Crippen LogP) is 2.18. The quantitative estimate of drug-likeness (QED) is 0.803. The molecule has 25 heavy (non-hydrogen) atoms. The fraction of sp³-hybridized carbons (Fsp3) is 0.300. The number of aromatic amines is 1. The largest absolute Gasteiger partial charge is 0.496 e. The van der Waals surface area contributed by atoms with Gasteiger partial charge in [-0.15, -0.1) is 0 Å². The topological polar surface area (TPSA) is 46.9 Å². The van der Waals surface area contributed by atoms with Crippen LogP contribution in [0.3, 0.4) is 0 Å². The minimum Gasteiger partial charge on any atom is -0.496 e. The molecule has 1 aliphatic heterocycles. The Morgan fingerprint density at radius 1 is 1.12 bits per heavy atom. The zero-order valence-corrected chi connectivity index (χ0v) is 14.7. The summed E-state index contributed by atoms with van der Waals surface area (Å²) in [5.41, 5.74) is 3.25. The Morgan fingerprint density at radius 3 is 2.52 bits per heavy atom. The summed E-state index contributed by atoms with van der Waals surface area (Å²) in [4.78, 5) is 19.7. The second-order valence-electron chi connectivity index (χ2n) is 6.15. The lowest BCUT2D eigenvalue weighted by atomic mass is 10.1. The first-order valence-electron chi connectivity index (χ1n) is 8.50. The van der Waals surface area contributed by atoms with Crippen molar-refractivity contribution in [3.05, 3.63) is 59.9 Å². The van der Waals surface area contributed by atoms with Gasteiger partial charge in [0.1, 0.15) is 5.75 Å². The zero-order valence-electron chi connectivity index (χ0n) is 14.7. The van der Waals surface area contributed by atoms with Gasteiger partial charge in [-0.25, -0.2) is 4.98 Å². The van der Waals surface area contributed by atoms with Gasteiger partial charge in [0.2, 0.25) is 5.91 Å². The van der Waals surface area contributed by atoms with Crippen molar-refractivity contribution in [2.45, 2.75) is 6.92 Å². The third-order valence-corrected chi connectivity index (χ3v) is 4.45. The number of amides is 1. The van der Waals surface area contributed by atoms with E-state index in [0.717, 1.165) is 43.1 Å². The molecule has 2 aromatic rings. The molecule has 0 atom stereocenters. The van der Waals surface area contributed by atoms with Gasteiger partial charge in [-0.05, 0) is 25.1 Å². The molecule has 1 fully saturated rings. The maximum absolute atomic E-state index is 12.5. The molecule has 5 nitrogen and oxygen atoms in total. The van der Waals surface area contributed by atoms with Crippen molar-refractivity contribution in [2.75, 3.05) is 38.2 Å². The van der Waals surface area contributed by atoms with Crippen LogP contribution in [0.15, 0.2) is 48.8 Å². The zero-order chi connectivity index (χ0) is 17.6. The van der Waals surface area contributed by atoms with Gasteiger partial charge in [0, 0.05) is 55.6 Å². The van der Waals surface area contributed by atoms with Crippen LogP contribution in [-0.4, -0.2) is 44.1 Å². The molecule has 0 spiro atoms. The van der Waals surface area contributed by atoms with Gasteiger partial charge in [-0.3, -0.25) is 4.79 Å². The molecule has 0 bridgehead atoms. The summed E-state index contributed by atoms with van der Waals surface area (Å²) in [6.07, 6.45) is 7.33. The molecule has 1 N–H and O–H groups in total. The van der Waals surface area contributed by atoms with E-state index in [9.17, 15) is 4.79 Å². The van der Waals surface area contributed by atoms with Gasteiger partial charge in [-0.1, -0.05) is 11.6 Å². The lowest BCUT2D eigenvalue weighted by Crippen LogP contribution is -2.48. The number of benzene rings is 1. The SMILES string of the molecule is COc1ccc(C)cc1/C=C/C(=O)N1CCN(c2cc[nH+]cc2)CC1. The van der Waals surface area contributed by atoms with E-state index < -0.39 is 0 Å². The number of hydrogen-bond acceptors (Lipinski definition) is 3. The van der Waals surface area contributed by atoms with Crippen molar-refractivity contribution in [1.82, 2.24) is 4.90 Å². The fourth-order valence-electron chi connectivity index (χ4n) is 3.02. The van der Waals surface area contributed by atoms with Crippen molar-refractivity contribution in [2.24, 2.45) is 0 Å². The standard InChI is InChI=1S/C20H23N3O2/c1-16-3-5-19(25-2)17(15-16)4-6-20(24)23-13-11-22(12-14-23)18-7-9-21-10-8-18/h3-10,15H,11-14H2,1-2H3/p+1/b6-4+. The third-order valence-electron chi connectivity index (χ3n) is 4.45. The number of anilines is 1. The highest BCUT2D eigenvalue weighted by Crippen LogP contribution is 2.21. The van der Waals surface area contributed by atoms with Crippen LogP contribution in [0.5, 0.6) is 5.75 Å². The van der Waals surface area contributed by atoms with Gasteiger partial charge in [0.25, 0.3) is 0 Å².